The molecule has 0 unspecified atom stereocenters. The largest absolute Gasteiger partial charge is 0.493 e. The van der Waals surface area contributed by atoms with Crippen LogP contribution >= 0.6 is 0 Å². The monoisotopic (exact) mass is 570 g/mol. The van der Waals surface area contributed by atoms with Crippen molar-refractivity contribution in [2.75, 3.05) is 6.61 Å². The Hall–Kier alpha value is -5.54. The topological polar surface area (TPSA) is 43.4 Å². The van der Waals surface area contributed by atoms with Gasteiger partial charge in [-0.3, -0.25) is 9.59 Å². The van der Waals surface area contributed by atoms with Crippen LogP contribution < -0.4 is 4.74 Å². The van der Waals surface area contributed by atoms with Gasteiger partial charge < -0.3 is 4.74 Å². The van der Waals surface area contributed by atoms with Crippen LogP contribution in [0.1, 0.15) is 49.9 Å². The summed E-state index contributed by atoms with van der Waals surface area (Å²) in [6, 6.07) is 45.6. The molecule has 212 valence electrons. The van der Waals surface area contributed by atoms with Gasteiger partial charge in [0, 0.05) is 16.7 Å². The minimum absolute atomic E-state index is 0.00178. The molecule has 0 N–H and O–H groups in total. The zero-order chi connectivity index (χ0) is 30.0. The summed E-state index contributed by atoms with van der Waals surface area (Å²) >= 11 is 0. The molecule has 0 radical (unpaired) electrons. The number of carbonyl (C=O) groups is 2. The summed E-state index contributed by atoms with van der Waals surface area (Å²) in [7, 11) is 0. The van der Waals surface area contributed by atoms with Crippen LogP contribution in [0.25, 0.3) is 32.3 Å². The minimum atomic E-state index is -0.0744. The van der Waals surface area contributed by atoms with E-state index in [2.05, 4.69) is 30.3 Å². The molecule has 0 heterocycles. The van der Waals surface area contributed by atoms with Crippen molar-refractivity contribution in [2.45, 2.75) is 13.3 Å². The number of benzene rings is 7. The second-order valence-corrected chi connectivity index (χ2v) is 11.0. The van der Waals surface area contributed by atoms with Crippen LogP contribution in [0.2, 0.25) is 0 Å². The predicted octanol–water partition coefficient (Wildman–Crippen LogP) is 9.60. The molecule has 44 heavy (non-hydrogen) atoms. The first kappa shape index (κ1) is 27.3. The van der Waals surface area contributed by atoms with Crippen LogP contribution in [-0.2, 0) is 6.42 Å². The van der Waals surface area contributed by atoms with Crippen molar-refractivity contribution in [3.8, 4) is 5.75 Å². The first-order valence-corrected chi connectivity index (χ1v) is 14.9. The van der Waals surface area contributed by atoms with E-state index in [9.17, 15) is 9.59 Å². The Kier molecular flexibility index (Phi) is 7.21. The molecule has 0 amide bonds. The number of carbonyl (C=O) groups excluding carboxylic acids is 2. The molecule has 0 saturated heterocycles. The van der Waals surface area contributed by atoms with Gasteiger partial charge in [0.05, 0.1) is 12.2 Å². The third kappa shape index (κ3) is 5.03. The lowest BCUT2D eigenvalue weighted by Gasteiger charge is -2.16. The highest BCUT2D eigenvalue weighted by atomic mass is 16.5. The van der Waals surface area contributed by atoms with Crippen molar-refractivity contribution in [3.05, 3.63) is 173 Å². The molecule has 0 atom stereocenters. The van der Waals surface area contributed by atoms with Crippen LogP contribution in [0.4, 0.5) is 0 Å². The quantitative estimate of drug-likeness (QED) is 0.171. The maximum Gasteiger partial charge on any atom is 0.197 e. The van der Waals surface area contributed by atoms with Crippen molar-refractivity contribution in [1.29, 1.82) is 0 Å². The van der Waals surface area contributed by atoms with Crippen molar-refractivity contribution < 1.29 is 14.3 Å². The van der Waals surface area contributed by atoms with Crippen LogP contribution in [0.15, 0.2) is 140 Å². The molecule has 7 aromatic rings. The molecule has 0 aliphatic heterocycles. The SMILES string of the molecule is CCOc1ccc2ccc(Cc3ccc4ccccc4c3C(=O)c3ccc4ccccc4c3)cc2c1C(=O)c1ccccc1. The number of hydrogen-bond donors (Lipinski definition) is 0. The first-order valence-electron chi connectivity index (χ1n) is 14.9. The summed E-state index contributed by atoms with van der Waals surface area (Å²) in [5.74, 6) is 0.500. The number of hydrogen-bond acceptors (Lipinski definition) is 3. The lowest BCUT2D eigenvalue weighted by atomic mass is 9.88. The van der Waals surface area contributed by atoms with Gasteiger partial charge in [0.1, 0.15) is 5.75 Å². The predicted molar refractivity (Wildman–Crippen MR) is 179 cm³/mol. The average molecular weight is 571 g/mol. The van der Waals surface area contributed by atoms with Gasteiger partial charge in [0.25, 0.3) is 0 Å². The molecule has 0 aromatic heterocycles. The van der Waals surface area contributed by atoms with Gasteiger partial charge >= 0.3 is 0 Å². The molecular formula is C41H30O3. The fourth-order valence-corrected chi connectivity index (χ4v) is 6.13. The van der Waals surface area contributed by atoms with E-state index in [0.29, 0.717) is 41.0 Å². The third-order valence-electron chi connectivity index (χ3n) is 8.26. The van der Waals surface area contributed by atoms with Crippen molar-refractivity contribution in [1.82, 2.24) is 0 Å². The summed E-state index contributed by atoms with van der Waals surface area (Å²) in [5.41, 5.74) is 4.50. The smallest absolute Gasteiger partial charge is 0.197 e. The zero-order valence-electron chi connectivity index (χ0n) is 24.4. The van der Waals surface area contributed by atoms with Crippen molar-refractivity contribution >= 4 is 43.9 Å². The molecule has 3 nitrogen and oxygen atoms in total. The second-order valence-electron chi connectivity index (χ2n) is 11.0. The van der Waals surface area contributed by atoms with Gasteiger partial charge in [-0.1, -0.05) is 121 Å². The zero-order valence-corrected chi connectivity index (χ0v) is 24.4. The van der Waals surface area contributed by atoms with E-state index in [4.69, 9.17) is 4.74 Å². The summed E-state index contributed by atoms with van der Waals surface area (Å²) in [5, 5.41) is 5.90. The third-order valence-corrected chi connectivity index (χ3v) is 8.26. The molecule has 3 heteroatoms. The number of ketones is 2. The van der Waals surface area contributed by atoms with Gasteiger partial charge in [-0.2, -0.15) is 0 Å². The van der Waals surface area contributed by atoms with Crippen LogP contribution in [-0.4, -0.2) is 18.2 Å². The van der Waals surface area contributed by atoms with Crippen LogP contribution in [0.5, 0.6) is 5.75 Å². The maximum absolute atomic E-state index is 14.3. The lowest BCUT2D eigenvalue weighted by molar-refractivity contribution is 0.103. The molecule has 0 spiro atoms. The minimum Gasteiger partial charge on any atom is -0.493 e. The van der Waals surface area contributed by atoms with Crippen LogP contribution in [0.3, 0.4) is 0 Å². The Labute approximate surface area is 256 Å². The Morgan fingerprint density at radius 3 is 1.98 bits per heavy atom. The number of rotatable bonds is 8. The molecule has 0 aliphatic carbocycles. The highest BCUT2D eigenvalue weighted by Gasteiger charge is 2.21. The molecular weight excluding hydrogens is 540 g/mol. The summed E-state index contributed by atoms with van der Waals surface area (Å²) in [4.78, 5) is 28.1. The molecule has 0 saturated carbocycles. The van der Waals surface area contributed by atoms with E-state index in [1.165, 1.54) is 0 Å². The summed E-state index contributed by atoms with van der Waals surface area (Å²) < 4.78 is 5.96. The van der Waals surface area contributed by atoms with E-state index in [1.807, 2.05) is 116 Å². The Balaban J connectivity index is 1.36. The normalized spacial score (nSPS) is 11.2. The van der Waals surface area contributed by atoms with Gasteiger partial charge in [0.15, 0.2) is 11.6 Å². The highest BCUT2D eigenvalue weighted by Crippen LogP contribution is 2.33. The Morgan fingerprint density at radius 2 is 1.16 bits per heavy atom. The second kappa shape index (κ2) is 11.6. The molecule has 7 aromatic carbocycles. The van der Waals surface area contributed by atoms with Gasteiger partial charge in [-0.25, -0.2) is 0 Å². The lowest BCUT2D eigenvalue weighted by Crippen LogP contribution is -2.08. The first-order chi connectivity index (χ1) is 21.6. The van der Waals surface area contributed by atoms with Gasteiger partial charge in [-0.15, -0.1) is 0 Å². The Morgan fingerprint density at radius 1 is 0.523 bits per heavy atom. The number of fused-ring (bicyclic) bond motifs is 3. The standard InChI is InChI=1S/C41H30O3/c1-2-44-37-23-22-30-17-16-27(25-36(30)39(37)40(42)31-12-4-3-5-13-31)24-33-20-19-29-11-8-9-15-35(29)38(33)41(43)34-21-18-28-10-6-7-14-32(28)26-34/h3-23,25-26H,2,24H2,1H3. The van der Waals surface area contributed by atoms with E-state index < -0.39 is 0 Å². The van der Waals surface area contributed by atoms with Gasteiger partial charge in [-0.05, 0) is 75.0 Å². The maximum atomic E-state index is 14.3. The van der Waals surface area contributed by atoms with E-state index in [-0.39, 0.29) is 11.6 Å². The van der Waals surface area contributed by atoms with E-state index in [0.717, 1.165) is 43.4 Å². The summed E-state index contributed by atoms with van der Waals surface area (Å²) in [6.07, 6.45) is 0.535. The Bertz CT molecular complexity index is 2190. The fraction of sp³-hybridized carbons (Fsp3) is 0.0732. The van der Waals surface area contributed by atoms with Crippen LogP contribution in [0, 0.1) is 0 Å². The van der Waals surface area contributed by atoms with Crippen molar-refractivity contribution in [3.63, 3.8) is 0 Å². The molecule has 0 fully saturated rings. The van der Waals surface area contributed by atoms with Gasteiger partial charge in [0.2, 0.25) is 0 Å². The van der Waals surface area contributed by atoms with E-state index >= 15 is 0 Å². The molecule has 0 bridgehead atoms. The molecule has 0 aliphatic rings. The van der Waals surface area contributed by atoms with E-state index in [1.54, 1.807) is 0 Å². The summed E-state index contributed by atoms with van der Waals surface area (Å²) in [6.45, 7) is 2.38. The molecule has 7 rings (SSSR count). The fourth-order valence-electron chi connectivity index (χ4n) is 6.13. The number of ether oxygens (including phenoxy) is 1. The van der Waals surface area contributed by atoms with Crippen molar-refractivity contribution in [2.24, 2.45) is 0 Å². The highest BCUT2D eigenvalue weighted by molar-refractivity contribution is 6.19. The average Bonchev–Trinajstić information content (AvgIpc) is 3.07.